The molecular formula is C16H22O3. The maximum atomic E-state index is 10.1. The number of allylic oxidation sites excluding steroid dienone is 2. The van der Waals surface area contributed by atoms with Crippen molar-refractivity contribution >= 4 is 0 Å². The Balaban J connectivity index is 2.51. The highest BCUT2D eigenvalue weighted by Gasteiger charge is 2.31. The Labute approximate surface area is 114 Å². The lowest BCUT2D eigenvalue weighted by molar-refractivity contribution is 0.303. The lowest BCUT2D eigenvalue weighted by Gasteiger charge is -2.33. The van der Waals surface area contributed by atoms with Crippen molar-refractivity contribution < 1.29 is 15.3 Å². The SMILES string of the molecule is CC1=CC(c2c(O)cc(O)cc2O)C(C(C)C)CC1. The Hall–Kier alpha value is -1.64. The monoisotopic (exact) mass is 262 g/mol. The van der Waals surface area contributed by atoms with Gasteiger partial charge in [-0.3, -0.25) is 0 Å². The lowest BCUT2D eigenvalue weighted by Crippen LogP contribution is -2.21. The van der Waals surface area contributed by atoms with E-state index in [1.54, 1.807) is 0 Å². The highest BCUT2D eigenvalue weighted by molar-refractivity contribution is 5.52. The van der Waals surface area contributed by atoms with Gasteiger partial charge in [0.1, 0.15) is 17.2 Å². The zero-order valence-electron chi connectivity index (χ0n) is 11.7. The first-order chi connectivity index (χ1) is 8.90. The average molecular weight is 262 g/mol. The van der Waals surface area contributed by atoms with Gasteiger partial charge >= 0.3 is 0 Å². The summed E-state index contributed by atoms with van der Waals surface area (Å²) in [6.07, 6.45) is 4.27. The summed E-state index contributed by atoms with van der Waals surface area (Å²) in [6.45, 7) is 6.42. The van der Waals surface area contributed by atoms with E-state index in [0.717, 1.165) is 12.8 Å². The van der Waals surface area contributed by atoms with Crippen LogP contribution < -0.4 is 0 Å². The molecule has 0 radical (unpaired) electrons. The molecule has 0 spiro atoms. The Morgan fingerprint density at radius 2 is 1.68 bits per heavy atom. The van der Waals surface area contributed by atoms with Crippen LogP contribution in [0.5, 0.6) is 17.2 Å². The molecule has 1 aromatic rings. The number of benzene rings is 1. The summed E-state index contributed by atoms with van der Waals surface area (Å²) in [6, 6.07) is 2.59. The fourth-order valence-electron chi connectivity index (χ4n) is 3.08. The second-order valence-electron chi connectivity index (χ2n) is 5.88. The Kier molecular flexibility index (Phi) is 3.74. The van der Waals surface area contributed by atoms with Crippen LogP contribution >= 0.6 is 0 Å². The molecule has 2 rings (SSSR count). The molecular weight excluding hydrogens is 240 g/mol. The molecule has 0 saturated carbocycles. The largest absolute Gasteiger partial charge is 0.508 e. The molecule has 19 heavy (non-hydrogen) atoms. The molecule has 0 aliphatic heterocycles. The third-order valence-corrected chi connectivity index (χ3v) is 4.11. The van der Waals surface area contributed by atoms with Crippen molar-refractivity contribution in [3.8, 4) is 17.2 Å². The third kappa shape index (κ3) is 2.70. The van der Waals surface area contributed by atoms with E-state index >= 15 is 0 Å². The molecule has 1 aliphatic carbocycles. The van der Waals surface area contributed by atoms with Gasteiger partial charge in [-0.15, -0.1) is 0 Å². The van der Waals surface area contributed by atoms with Crippen LogP contribution in [0.1, 0.15) is 45.1 Å². The minimum absolute atomic E-state index is 0.00866. The Morgan fingerprint density at radius 3 is 2.21 bits per heavy atom. The van der Waals surface area contributed by atoms with Gasteiger partial charge < -0.3 is 15.3 Å². The molecule has 0 aromatic heterocycles. The van der Waals surface area contributed by atoms with Gasteiger partial charge in [-0.05, 0) is 31.6 Å². The molecule has 1 aromatic carbocycles. The summed E-state index contributed by atoms with van der Waals surface area (Å²) in [4.78, 5) is 0. The highest BCUT2D eigenvalue weighted by Crippen LogP contribution is 2.47. The van der Waals surface area contributed by atoms with Crippen LogP contribution in [0.25, 0.3) is 0 Å². The van der Waals surface area contributed by atoms with Crippen molar-refractivity contribution in [3.05, 3.63) is 29.3 Å². The molecule has 2 unspecified atom stereocenters. The van der Waals surface area contributed by atoms with E-state index < -0.39 is 0 Å². The summed E-state index contributed by atoms with van der Waals surface area (Å²) < 4.78 is 0. The van der Waals surface area contributed by atoms with Gasteiger partial charge in [0, 0.05) is 23.6 Å². The Bertz CT molecular complexity index is 480. The first kappa shape index (κ1) is 13.8. The Morgan fingerprint density at radius 1 is 1.11 bits per heavy atom. The van der Waals surface area contributed by atoms with Crippen molar-refractivity contribution in [2.24, 2.45) is 11.8 Å². The van der Waals surface area contributed by atoms with E-state index in [1.807, 2.05) is 0 Å². The van der Waals surface area contributed by atoms with E-state index in [4.69, 9.17) is 0 Å². The first-order valence-electron chi connectivity index (χ1n) is 6.82. The average Bonchev–Trinajstić information content (AvgIpc) is 2.27. The first-order valence-corrected chi connectivity index (χ1v) is 6.82. The number of hydrogen-bond acceptors (Lipinski definition) is 3. The molecule has 0 fully saturated rings. The van der Waals surface area contributed by atoms with Crippen LogP contribution in [0.4, 0.5) is 0 Å². The van der Waals surface area contributed by atoms with Gasteiger partial charge in [-0.2, -0.15) is 0 Å². The van der Waals surface area contributed by atoms with E-state index in [-0.39, 0.29) is 23.2 Å². The van der Waals surface area contributed by atoms with E-state index in [0.29, 0.717) is 17.4 Å². The summed E-state index contributed by atoms with van der Waals surface area (Å²) in [5, 5.41) is 29.5. The van der Waals surface area contributed by atoms with Crippen molar-refractivity contribution in [1.82, 2.24) is 0 Å². The van der Waals surface area contributed by atoms with Crippen LogP contribution in [0.3, 0.4) is 0 Å². The normalized spacial score (nSPS) is 23.5. The minimum Gasteiger partial charge on any atom is -0.508 e. The van der Waals surface area contributed by atoms with E-state index in [1.165, 1.54) is 17.7 Å². The number of rotatable bonds is 2. The number of hydrogen-bond donors (Lipinski definition) is 3. The fourth-order valence-corrected chi connectivity index (χ4v) is 3.08. The second-order valence-corrected chi connectivity index (χ2v) is 5.88. The standard InChI is InChI=1S/C16H22O3/c1-9(2)12-5-4-10(3)6-13(12)16-14(18)7-11(17)8-15(16)19/h6-9,12-13,17-19H,4-5H2,1-3H3. The highest BCUT2D eigenvalue weighted by atomic mass is 16.3. The molecule has 0 saturated heterocycles. The van der Waals surface area contributed by atoms with E-state index in [9.17, 15) is 15.3 Å². The van der Waals surface area contributed by atoms with Crippen molar-refractivity contribution in [2.75, 3.05) is 0 Å². The van der Waals surface area contributed by atoms with Crippen LogP contribution in [0, 0.1) is 11.8 Å². The molecule has 0 bridgehead atoms. The molecule has 2 atom stereocenters. The predicted molar refractivity (Wildman–Crippen MR) is 75.5 cm³/mol. The zero-order chi connectivity index (χ0) is 14.2. The van der Waals surface area contributed by atoms with Gasteiger partial charge in [-0.25, -0.2) is 0 Å². The number of phenols is 3. The van der Waals surface area contributed by atoms with Gasteiger partial charge in [0.05, 0.1) is 0 Å². The lowest BCUT2D eigenvalue weighted by atomic mass is 9.72. The molecule has 0 heterocycles. The van der Waals surface area contributed by atoms with Crippen LogP contribution in [0.15, 0.2) is 23.8 Å². The van der Waals surface area contributed by atoms with Gasteiger partial charge in [0.2, 0.25) is 0 Å². The van der Waals surface area contributed by atoms with Crippen LogP contribution in [-0.4, -0.2) is 15.3 Å². The molecule has 3 N–H and O–H groups in total. The maximum absolute atomic E-state index is 10.1. The minimum atomic E-state index is -0.114. The summed E-state index contributed by atoms with van der Waals surface area (Å²) >= 11 is 0. The summed E-state index contributed by atoms with van der Waals surface area (Å²) in [5.41, 5.74) is 1.82. The number of aromatic hydroxyl groups is 3. The van der Waals surface area contributed by atoms with Crippen molar-refractivity contribution in [1.29, 1.82) is 0 Å². The molecule has 0 amide bonds. The quantitative estimate of drug-likeness (QED) is 0.708. The third-order valence-electron chi connectivity index (χ3n) is 4.11. The van der Waals surface area contributed by atoms with Gasteiger partial charge in [0.25, 0.3) is 0 Å². The summed E-state index contributed by atoms with van der Waals surface area (Å²) in [5.74, 6) is 0.705. The molecule has 104 valence electrons. The number of phenolic OH excluding ortho intramolecular Hbond substituents is 3. The molecule has 3 nitrogen and oxygen atoms in total. The predicted octanol–water partition coefficient (Wildman–Crippen LogP) is 3.90. The van der Waals surface area contributed by atoms with Gasteiger partial charge in [0.15, 0.2) is 0 Å². The summed E-state index contributed by atoms with van der Waals surface area (Å²) in [7, 11) is 0. The molecule has 1 aliphatic rings. The maximum Gasteiger partial charge on any atom is 0.126 e. The van der Waals surface area contributed by atoms with Crippen LogP contribution in [0.2, 0.25) is 0 Å². The fraction of sp³-hybridized carbons (Fsp3) is 0.500. The van der Waals surface area contributed by atoms with Crippen LogP contribution in [-0.2, 0) is 0 Å². The molecule has 3 heteroatoms. The topological polar surface area (TPSA) is 60.7 Å². The van der Waals surface area contributed by atoms with Crippen molar-refractivity contribution in [2.45, 2.75) is 39.5 Å². The second kappa shape index (κ2) is 5.16. The van der Waals surface area contributed by atoms with E-state index in [2.05, 4.69) is 26.8 Å². The smallest absolute Gasteiger partial charge is 0.126 e. The van der Waals surface area contributed by atoms with Gasteiger partial charge in [-0.1, -0.05) is 25.5 Å². The zero-order valence-corrected chi connectivity index (χ0v) is 11.7. The van der Waals surface area contributed by atoms with Crippen molar-refractivity contribution in [3.63, 3.8) is 0 Å².